The maximum absolute atomic E-state index is 12.7. The number of aromatic nitrogens is 2. The smallest absolute Gasteiger partial charge is 0.265 e. The number of para-hydroxylation sites is 1. The van der Waals surface area contributed by atoms with Gasteiger partial charge in [0, 0.05) is 12.6 Å². The number of carbonyl (C=O) groups excluding carboxylic acids is 1. The molecule has 0 saturated heterocycles. The van der Waals surface area contributed by atoms with Crippen LogP contribution in [0, 0.1) is 6.92 Å². The first kappa shape index (κ1) is 18.0. The van der Waals surface area contributed by atoms with Gasteiger partial charge in [-0.2, -0.15) is 4.98 Å². The van der Waals surface area contributed by atoms with Crippen LogP contribution >= 0.6 is 0 Å². The molecule has 1 amide bonds. The van der Waals surface area contributed by atoms with Gasteiger partial charge in [0.25, 0.3) is 15.9 Å². The fourth-order valence-corrected chi connectivity index (χ4v) is 3.87. The van der Waals surface area contributed by atoms with Crippen LogP contribution in [0.3, 0.4) is 0 Å². The van der Waals surface area contributed by atoms with Crippen LogP contribution in [-0.4, -0.2) is 31.1 Å². The topological polar surface area (TPSA) is 115 Å². The second-order valence-electron chi connectivity index (χ2n) is 6.10. The standard InChI is InChI=1S/C18H16N4O5S/c1-12-19-17(20-27-12)10-22-15-9-14(7-8-16(15)26-11-18(22)23)28(24,25)21-13-5-3-2-4-6-13/h2-9,21H,10-11H2,1H3. The van der Waals surface area contributed by atoms with E-state index in [1.165, 1.54) is 23.1 Å². The second-order valence-corrected chi connectivity index (χ2v) is 7.78. The molecule has 1 aliphatic heterocycles. The van der Waals surface area contributed by atoms with Crippen molar-refractivity contribution in [1.82, 2.24) is 10.1 Å². The number of aryl methyl sites for hydroxylation is 1. The number of hydrogen-bond donors (Lipinski definition) is 1. The first-order chi connectivity index (χ1) is 13.4. The third kappa shape index (κ3) is 3.54. The van der Waals surface area contributed by atoms with Gasteiger partial charge in [0.15, 0.2) is 12.4 Å². The first-order valence-corrected chi connectivity index (χ1v) is 9.85. The van der Waals surface area contributed by atoms with E-state index in [2.05, 4.69) is 14.9 Å². The van der Waals surface area contributed by atoms with Gasteiger partial charge in [-0.15, -0.1) is 0 Å². The van der Waals surface area contributed by atoms with E-state index in [1.54, 1.807) is 37.3 Å². The Balaban J connectivity index is 1.68. The molecule has 0 atom stereocenters. The van der Waals surface area contributed by atoms with Gasteiger partial charge >= 0.3 is 0 Å². The minimum absolute atomic E-state index is 0.00250. The van der Waals surface area contributed by atoms with Crippen molar-refractivity contribution in [2.75, 3.05) is 16.2 Å². The number of benzene rings is 2. The predicted molar refractivity (Wildman–Crippen MR) is 99.4 cm³/mol. The van der Waals surface area contributed by atoms with Gasteiger partial charge in [-0.05, 0) is 30.3 Å². The highest BCUT2D eigenvalue weighted by molar-refractivity contribution is 7.92. The lowest BCUT2D eigenvalue weighted by molar-refractivity contribution is -0.121. The normalized spacial score (nSPS) is 13.8. The van der Waals surface area contributed by atoms with Crippen molar-refractivity contribution in [3.05, 3.63) is 60.2 Å². The number of sulfonamides is 1. The summed E-state index contributed by atoms with van der Waals surface area (Å²) in [5.74, 6) is 0.757. The molecular formula is C18H16N4O5S. The van der Waals surface area contributed by atoms with Gasteiger partial charge in [-0.3, -0.25) is 14.4 Å². The van der Waals surface area contributed by atoms with Gasteiger partial charge in [0.05, 0.1) is 17.1 Å². The Morgan fingerprint density at radius 1 is 1.18 bits per heavy atom. The molecule has 144 valence electrons. The lowest BCUT2D eigenvalue weighted by Gasteiger charge is -2.28. The Kier molecular flexibility index (Phi) is 4.47. The van der Waals surface area contributed by atoms with Crippen molar-refractivity contribution in [1.29, 1.82) is 0 Å². The van der Waals surface area contributed by atoms with E-state index < -0.39 is 10.0 Å². The van der Waals surface area contributed by atoms with Crippen LogP contribution in [0.1, 0.15) is 11.7 Å². The fraction of sp³-hybridized carbons (Fsp3) is 0.167. The van der Waals surface area contributed by atoms with Crippen LogP contribution in [-0.2, 0) is 21.4 Å². The first-order valence-electron chi connectivity index (χ1n) is 8.37. The zero-order valence-corrected chi connectivity index (χ0v) is 15.6. The molecule has 1 aromatic heterocycles. The molecule has 0 saturated carbocycles. The molecule has 2 aromatic carbocycles. The molecule has 0 radical (unpaired) electrons. The molecule has 4 rings (SSSR count). The molecule has 0 aliphatic carbocycles. The number of carbonyl (C=O) groups is 1. The Bertz CT molecular complexity index is 1130. The fourth-order valence-electron chi connectivity index (χ4n) is 2.79. The van der Waals surface area contributed by atoms with Crippen molar-refractivity contribution < 1.29 is 22.5 Å². The molecule has 1 N–H and O–H groups in total. The second kappa shape index (κ2) is 6.97. The van der Waals surface area contributed by atoms with Crippen LogP contribution < -0.4 is 14.4 Å². The molecule has 0 bridgehead atoms. The molecule has 10 heteroatoms. The van der Waals surface area contributed by atoms with Gasteiger partial charge in [-0.1, -0.05) is 23.4 Å². The van der Waals surface area contributed by atoms with E-state index in [4.69, 9.17) is 9.26 Å². The Labute approximate surface area is 161 Å². The molecule has 9 nitrogen and oxygen atoms in total. The Hall–Kier alpha value is -3.40. The highest BCUT2D eigenvalue weighted by Crippen LogP contribution is 2.35. The quantitative estimate of drug-likeness (QED) is 0.697. The average molecular weight is 400 g/mol. The molecule has 0 unspecified atom stereocenters. The summed E-state index contributed by atoms with van der Waals surface area (Å²) in [7, 11) is -3.85. The molecule has 0 spiro atoms. The summed E-state index contributed by atoms with van der Waals surface area (Å²) in [6, 6.07) is 12.9. The van der Waals surface area contributed by atoms with Crippen molar-refractivity contribution >= 4 is 27.3 Å². The number of rotatable bonds is 5. The van der Waals surface area contributed by atoms with Crippen molar-refractivity contribution in [3.8, 4) is 5.75 Å². The number of amides is 1. The van der Waals surface area contributed by atoms with E-state index in [0.717, 1.165) is 0 Å². The van der Waals surface area contributed by atoms with Crippen LogP contribution in [0.25, 0.3) is 0 Å². The summed E-state index contributed by atoms with van der Waals surface area (Å²) >= 11 is 0. The molecule has 0 fully saturated rings. The largest absolute Gasteiger partial charge is 0.482 e. The van der Waals surface area contributed by atoms with Gasteiger partial charge in [0.1, 0.15) is 5.75 Å². The zero-order valence-electron chi connectivity index (χ0n) is 14.8. The molecule has 3 aromatic rings. The van der Waals surface area contributed by atoms with Gasteiger partial charge in [0.2, 0.25) is 5.89 Å². The van der Waals surface area contributed by atoms with E-state index in [0.29, 0.717) is 28.8 Å². The summed E-state index contributed by atoms with van der Waals surface area (Å²) in [5.41, 5.74) is 0.765. The zero-order chi connectivity index (χ0) is 19.7. The summed E-state index contributed by atoms with van der Waals surface area (Å²) in [6.45, 7) is 1.53. The highest BCUT2D eigenvalue weighted by atomic mass is 32.2. The number of anilines is 2. The predicted octanol–water partition coefficient (Wildman–Crippen LogP) is 2.10. The lowest BCUT2D eigenvalue weighted by Crippen LogP contribution is -2.38. The van der Waals surface area contributed by atoms with Crippen molar-refractivity contribution in [2.24, 2.45) is 0 Å². The summed E-state index contributed by atoms with van der Waals surface area (Å²) in [4.78, 5) is 17.8. The van der Waals surface area contributed by atoms with Crippen LogP contribution in [0.5, 0.6) is 5.75 Å². The minimum atomic E-state index is -3.85. The number of nitrogens with zero attached hydrogens (tertiary/aromatic N) is 3. The lowest BCUT2D eigenvalue weighted by atomic mass is 10.2. The van der Waals surface area contributed by atoms with Crippen LogP contribution in [0.2, 0.25) is 0 Å². The SMILES string of the molecule is Cc1nc(CN2C(=O)COc3ccc(S(=O)(=O)Nc4ccccc4)cc32)no1. The third-order valence-electron chi connectivity index (χ3n) is 4.08. The monoisotopic (exact) mass is 400 g/mol. The summed E-state index contributed by atoms with van der Waals surface area (Å²) in [6.07, 6.45) is 0. The van der Waals surface area contributed by atoms with Gasteiger partial charge < -0.3 is 9.26 Å². The Morgan fingerprint density at radius 3 is 2.68 bits per heavy atom. The number of ether oxygens (including phenoxy) is 1. The van der Waals surface area contributed by atoms with Crippen LogP contribution in [0.15, 0.2) is 57.9 Å². The maximum atomic E-state index is 12.7. The average Bonchev–Trinajstić information content (AvgIpc) is 3.09. The third-order valence-corrected chi connectivity index (χ3v) is 5.46. The number of hydrogen-bond acceptors (Lipinski definition) is 7. The van der Waals surface area contributed by atoms with Crippen molar-refractivity contribution in [2.45, 2.75) is 18.4 Å². The molecular weight excluding hydrogens is 384 g/mol. The van der Waals surface area contributed by atoms with Gasteiger partial charge in [-0.25, -0.2) is 8.42 Å². The van der Waals surface area contributed by atoms with E-state index in [9.17, 15) is 13.2 Å². The highest BCUT2D eigenvalue weighted by Gasteiger charge is 2.29. The number of nitrogens with one attached hydrogen (secondary N) is 1. The van der Waals surface area contributed by atoms with E-state index in [-0.39, 0.29) is 24.0 Å². The maximum Gasteiger partial charge on any atom is 0.265 e. The van der Waals surface area contributed by atoms with Crippen molar-refractivity contribution in [3.63, 3.8) is 0 Å². The molecule has 28 heavy (non-hydrogen) atoms. The molecule has 1 aliphatic rings. The summed E-state index contributed by atoms with van der Waals surface area (Å²) < 4.78 is 38.4. The Morgan fingerprint density at radius 2 is 1.96 bits per heavy atom. The minimum Gasteiger partial charge on any atom is -0.482 e. The summed E-state index contributed by atoms with van der Waals surface area (Å²) in [5, 5.41) is 3.79. The van der Waals surface area contributed by atoms with Crippen LogP contribution in [0.4, 0.5) is 11.4 Å². The van der Waals surface area contributed by atoms with E-state index in [1.807, 2.05) is 0 Å². The van der Waals surface area contributed by atoms with E-state index >= 15 is 0 Å². The molecule has 2 heterocycles. The number of fused-ring (bicyclic) bond motifs is 1.